The predicted molar refractivity (Wildman–Crippen MR) is 71.4 cm³/mol. The molecule has 2 aromatic rings. The van der Waals surface area contributed by atoms with E-state index in [1.54, 1.807) is 0 Å². The Bertz CT molecular complexity index is 717. The highest BCUT2D eigenvalue weighted by atomic mass is 35.5. The fourth-order valence-electron chi connectivity index (χ4n) is 1.54. The molecular weight excluding hydrogens is 311 g/mol. The van der Waals surface area contributed by atoms with Crippen molar-refractivity contribution in [3.63, 3.8) is 0 Å². The lowest BCUT2D eigenvalue weighted by Gasteiger charge is -2.12. The molecule has 1 aromatic heterocycles. The Kier molecular flexibility index (Phi) is 3.77. The summed E-state index contributed by atoms with van der Waals surface area (Å²) in [5.74, 6) is -0.426. The van der Waals surface area contributed by atoms with Gasteiger partial charge in [0.25, 0.3) is 0 Å². The summed E-state index contributed by atoms with van der Waals surface area (Å²) in [5.41, 5.74) is 3.84. The lowest BCUT2D eigenvalue weighted by atomic mass is 10.2. The normalized spacial score (nSPS) is 11.5. The summed E-state index contributed by atoms with van der Waals surface area (Å²) in [4.78, 5) is 15.0. The van der Waals surface area contributed by atoms with Crippen LogP contribution in [0.2, 0.25) is 5.02 Å². The van der Waals surface area contributed by atoms with Crippen LogP contribution in [0.15, 0.2) is 23.0 Å². The minimum Gasteiger partial charge on any atom is -0.379 e. The first-order chi connectivity index (χ1) is 9.68. The van der Waals surface area contributed by atoms with Crippen molar-refractivity contribution in [1.29, 1.82) is 0 Å². The Morgan fingerprint density at radius 2 is 2.05 bits per heavy atom. The van der Waals surface area contributed by atoms with E-state index >= 15 is 0 Å². The van der Waals surface area contributed by atoms with E-state index in [1.165, 1.54) is 13.1 Å². The third kappa shape index (κ3) is 3.24. The molecule has 0 saturated carbocycles. The molecule has 0 aliphatic carbocycles. The summed E-state index contributed by atoms with van der Waals surface area (Å²) < 4.78 is 39.1. The van der Waals surface area contributed by atoms with Gasteiger partial charge in [0.2, 0.25) is 5.95 Å². The van der Waals surface area contributed by atoms with Crippen molar-refractivity contribution < 1.29 is 13.2 Å². The first-order valence-electron chi connectivity index (χ1n) is 5.53. The topological polar surface area (TPSA) is 85.8 Å². The molecule has 2 rings (SSSR count). The maximum Gasteiger partial charge on any atom is 0.417 e. The van der Waals surface area contributed by atoms with Crippen LogP contribution in [-0.2, 0) is 13.2 Å². The van der Waals surface area contributed by atoms with Crippen molar-refractivity contribution in [2.24, 2.45) is 7.05 Å². The number of aromatic nitrogens is 3. The summed E-state index contributed by atoms with van der Waals surface area (Å²) in [6.07, 6.45) is -4.59. The molecule has 1 aromatic carbocycles. The monoisotopic (exact) mass is 319 g/mol. The van der Waals surface area contributed by atoms with E-state index in [2.05, 4.69) is 15.4 Å². The fourth-order valence-corrected chi connectivity index (χ4v) is 1.76. The SMILES string of the molecule is Cn1nc(Nc2ccc(Cl)c(C(F)(F)F)c2)nc(N)c1=O. The van der Waals surface area contributed by atoms with Crippen LogP contribution in [0.5, 0.6) is 0 Å². The van der Waals surface area contributed by atoms with Gasteiger partial charge in [0.05, 0.1) is 10.6 Å². The van der Waals surface area contributed by atoms with Crippen molar-refractivity contribution >= 4 is 29.1 Å². The van der Waals surface area contributed by atoms with Gasteiger partial charge in [-0.05, 0) is 18.2 Å². The van der Waals surface area contributed by atoms with Crippen LogP contribution in [0.3, 0.4) is 0 Å². The molecule has 3 N–H and O–H groups in total. The highest BCUT2D eigenvalue weighted by Crippen LogP contribution is 2.36. The second kappa shape index (κ2) is 5.24. The number of nitrogens with zero attached hydrogens (tertiary/aromatic N) is 3. The van der Waals surface area contributed by atoms with E-state index in [1.807, 2.05) is 0 Å². The second-order valence-corrected chi connectivity index (χ2v) is 4.47. The number of aryl methyl sites for hydroxylation is 1. The summed E-state index contributed by atoms with van der Waals surface area (Å²) in [7, 11) is 1.34. The van der Waals surface area contributed by atoms with E-state index < -0.39 is 22.3 Å². The summed E-state index contributed by atoms with van der Waals surface area (Å²) in [6.45, 7) is 0. The minimum atomic E-state index is -4.59. The van der Waals surface area contributed by atoms with E-state index in [0.29, 0.717) is 0 Å². The third-order valence-electron chi connectivity index (χ3n) is 2.51. The molecule has 21 heavy (non-hydrogen) atoms. The van der Waals surface area contributed by atoms with Crippen LogP contribution >= 0.6 is 11.6 Å². The lowest BCUT2D eigenvalue weighted by molar-refractivity contribution is -0.137. The molecule has 0 aliphatic rings. The number of nitrogens with two attached hydrogens (primary N) is 1. The maximum absolute atomic E-state index is 12.7. The number of halogens is 4. The molecule has 0 saturated heterocycles. The molecule has 0 unspecified atom stereocenters. The average molecular weight is 320 g/mol. The Hall–Kier alpha value is -2.29. The lowest BCUT2D eigenvalue weighted by Crippen LogP contribution is -2.25. The Labute approximate surface area is 121 Å². The van der Waals surface area contributed by atoms with Gasteiger partial charge in [0.15, 0.2) is 5.82 Å². The highest BCUT2D eigenvalue weighted by Gasteiger charge is 2.33. The van der Waals surface area contributed by atoms with Crippen molar-refractivity contribution in [3.05, 3.63) is 39.1 Å². The molecule has 10 heteroatoms. The van der Waals surface area contributed by atoms with Crippen molar-refractivity contribution in [2.45, 2.75) is 6.18 Å². The molecule has 112 valence electrons. The number of hydrogen-bond acceptors (Lipinski definition) is 5. The second-order valence-electron chi connectivity index (χ2n) is 4.07. The van der Waals surface area contributed by atoms with E-state index in [0.717, 1.165) is 16.8 Å². The largest absolute Gasteiger partial charge is 0.417 e. The van der Waals surface area contributed by atoms with Crippen LogP contribution in [0.4, 0.5) is 30.6 Å². The maximum atomic E-state index is 12.7. The Morgan fingerprint density at radius 1 is 1.38 bits per heavy atom. The van der Waals surface area contributed by atoms with Gasteiger partial charge in [-0.1, -0.05) is 11.6 Å². The van der Waals surface area contributed by atoms with Gasteiger partial charge in [-0.15, -0.1) is 5.10 Å². The van der Waals surface area contributed by atoms with Crippen LogP contribution in [0.1, 0.15) is 5.56 Å². The van der Waals surface area contributed by atoms with Gasteiger partial charge in [-0.3, -0.25) is 4.79 Å². The van der Waals surface area contributed by atoms with Gasteiger partial charge >= 0.3 is 11.7 Å². The Balaban J connectivity index is 2.39. The molecular formula is C11H9ClF3N5O. The summed E-state index contributed by atoms with van der Waals surface area (Å²) in [6, 6.07) is 3.23. The van der Waals surface area contributed by atoms with E-state index in [4.69, 9.17) is 17.3 Å². The van der Waals surface area contributed by atoms with Gasteiger partial charge in [-0.2, -0.15) is 18.2 Å². The number of hydrogen-bond donors (Lipinski definition) is 2. The van der Waals surface area contributed by atoms with Crippen molar-refractivity contribution in [2.75, 3.05) is 11.1 Å². The summed E-state index contributed by atoms with van der Waals surface area (Å²) in [5, 5.41) is 5.84. The van der Waals surface area contributed by atoms with Crippen molar-refractivity contribution in [3.8, 4) is 0 Å². The summed E-state index contributed by atoms with van der Waals surface area (Å²) >= 11 is 5.51. The number of rotatable bonds is 2. The first kappa shape index (κ1) is 15.1. The smallest absolute Gasteiger partial charge is 0.379 e. The number of anilines is 3. The molecule has 0 radical (unpaired) electrons. The van der Waals surface area contributed by atoms with Crippen molar-refractivity contribution in [1.82, 2.24) is 14.8 Å². The van der Waals surface area contributed by atoms with Crippen LogP contribution < -0.4 is 16.6 Å². The Morgan fingerprint density at radius 3 is 2.62 bits per heavy atom. The fraction of sp³-hybridized carbons (Fsp3) is 0.182. The molecule has 1 heterocycles. The number of alkyl halides is 3. The molecule has 0 bridgehead atoms. The number of benzene rings is 1. The molecule has 0 fully saturated rings. The van der Waals surface area contributed by atoms with Gasteiger partial charge < -0.3 is 11.1 Å². The molecule has 0 aliphatic heterocycles. The van der Waals surface area contributed by atoms with E-state index in [9.17, 15) is 18.0 Å². The standard InChI is InChI=1S/C11H9ClF3N5O/c1-20-9(21)8(16)18-10(19-20)17-5-2-3-7(12)6(4-5)11(13,14)15/h2-4H,1H3,(H3,16,17,18,19). The molecule has 0 amide bonds. The quantitative estimate of drug-likeness (QED) is 0.886. The van der Waals surface area contributed by atoms with E-state index in [-0.39, 0.29) is 17.5 Å². The average Bonchev–Trinajstić information content (AvgIpc) is 2.37. The van der Waals surface area contributed by atoms with Gasteiger partial charge in [-0.25, -0.2) is 4.68 Å². The third-order valence-corrected chi connectivity index (χ3v) is 2.84. The van der Waals surface area contributed by atoms with Crippen LogP contribution in [0, 0.1) is 0 Å². The van der Waals surface area contributed by atoms with Crippen LogP contribution in [-0.4, -0.2) is 14.8 Å². The first-order valence-corrected chi connectivity index (χ1v) is 5.91. The zero-order valence-electron chi connectivity index (χ0n) is 10.6. The van der Waals surface area contributed by atoms with Gasteiger partial charge in [0.1, 0.15) is 0 Å². The van der Waals surface area contributed by atoms with Crippen LogP contribution in [0.25, 0.3) is 0 Å². The number of nitrogen functional groups attached to an aromatic ring is 1. The zero-order chi connectivity index (χ0) is 15.8. The molecule has 6 nitrogen and oxygen atoms in total. The molecule has 0 atom stereocenters. The highest BCUT2D eigenvalue weighted by molar-refractivity contribution is 6.31. The molecule has 0 spiro atoms. The predicted octanol–water partition coefficient (Wildman–Crippen LogP) is 2.17. The van der Waals surface area contributed by atoms with Gasteiger partial charge in [0, 0.05) is 12.7 Å². The minimum absolute atomic E-state index is 0.0600. The number of nitrogens with one attached hydrogen (secondary N) is 1. The zero-order valence-corrected chi connectivity index (χ0v) is 11.3.